The number of likely N-dealkylation sites (N-methyl/N-ethyl adjacent to an activating group) is 1. The van der Waals surface area contributed by atoms with E-state index >= 15 is 0 Å². The zero-order chi connectivity index (χ0) is 16.8. The molecular weight excluding hydrogens is 306 g/mol. The summed E-state index contributed by atoms with van der Waals surface area (Å²) in [5.74, 6) is 0.221. The normalized spacial score (nSPS) is 28.2. The molecule has 3 fully saturated rings. The number of carbonyl (C=O) groups excluding carboxylic acids is 2. The van der Waals surface area contributed by atoms with E-state index in [0.717, 1.165) is 38.2 Å². The van der Waals surface area contributed by atoms with Crippen molar-refractivity contribution in [3.63, 3.8) is 0 Å². The van der Waals surface area contributed by atoms with E-state index in [0.29, 0.717) is 12.7 Å². The number of rotatable bonds is 4. The van der Waals surface area contributed by atoms with Gasteiger partial charge in [-0.25, -0.2) is 4.98 Å². The maximum Gasteiger partial charge on any atom is 0.243 e. The van der Waals surface area contributed by atoms with Crippen LogP contribution >= 0.6 is 0 Å². The number of carbonyl (C=O) groups is 2. The highest BCUT2D eigenvalue weighted by Crippen LogP contribution is 2.35. The highest BCUT2D eigenvalue weighted by atomic mass is 16.2. The Bertz CT molecular complexity index is 653. The zero-order valence-corrected chi connectivity index (χ0v) is 14.4. The highest BCUT2D eigenvalue weighted by molar-refractivity contribution is 5.89. The summed E-state index contributed by atoms with van der Waals surface area (Å²) in [5, 5.41) is 0. The lowest BCUT2D eigenvalue weighted by Crippen LogP contribution is -2.39. The van der Waals surface area contributed by atoms with Crippen LogP contribution in [0.3, 0.4) is 0 Å². The molecule has 1 saturated carbocycles. The Labute approximate surface area is 142 Å². The van der Waals surface area contributed by atoms with E-state index in [-0.39, 0.29) is 30.2 Å². The molecule has 2 amide bonds. The van der Waals surface area contributed by atoms with Crippen molar-refractivity contribution in [1.29, 1.82) is 0 Å². The van der Waals surface area contributed by atoms with Gasteiger partial charge in [-0.3, -0.25) is 9.59 Å². The number of likely N-dealkylation sites (tertiary alicyclic amines) is 1. The van der Waals surface area contributed by atoms with Crippen molar-refractivity contribution in [3.8, 4) is 0 Å². The lowest BCUT2D eigenvalue weighted by Gasteiger charge is -2.23. The van der Waals surface area contributed by atoms with Crippen LogP contribution in [0.25, 0.3) is 0 Å². The van der Waals surface area contributed by atoms with Gasteiger partial charge in [-0.2, -0.15) is 0 Å². The Hall–Kier alpha value is -1.89. The van der Waals surface area contributed by atoms with Crippen molar-refractivity contribution in [3.05, 3.63) is 18.2 Å². The minimum atomic E-state index is -0.105. The summed E-state index contributed by atoms with van der Waals surface area (Å²) in [6.45, 7) is 5.38. The average Bonchev–Trinajstić information content (AvgIpc) is 2.99. The first kappa shape index (κ1) is 15.6. The van der Waals surface area contributed by atoms with Crippen molar-refractivity contribution >= 4 is 11.8 Å². The minimum Gasteiger partial charge on any atom is -0.340 e. The highest BCUT2D eigenvalue weighted by Gasteiger charge is 2.45. The quantitative estimate of drug-likeness (QED) is 0.793. The maximum atomic E-state index is 13.1. The number of aromatic nitrogens is 2. The molecule has 0 aromatic carbocycles. The Morgan fingerprint density at radius 2 is 2.12 bits per heavy atom. The molecule has 130 valence electrons. The molecule has 3 aliphatic rings. The average molecular weight is 331 g/mol. The van der Waals surface area contributed by atoms with Gasteiger partial charge >= 0.3 is 0 Å². The van der Waals surface area contributed by atoms with Crippen molar-refractivity contribution < 1.29 is 9.59 Å². The summed E-state index contributed by atoms with van der Waals surface area (Å²) in [6, 6.07) is 0.373. The van der Waals surface area contributed by atoms with E-state index < -0.39 is 0 Å². The smallest absolute Gasteiger partial charge is 0.243 e. The third-order valence-corrected chi connectivity index (χ3v) is 5.53. The van der Waals surface area contributed by atoms with Crippen LogP contribution in [0.5, 0.6) is 0 Å². The van der Waals surface area contributed by atoms with Crippen LogP contribution in [0.1, 0.15) is 31.4 Å². The number of hydrogen-bond donors (Lipinski definition) is 0. The second-order valence-electron chi connectivity index (χ2n) is 7.30. The molecule has 2 atom stereocenters. The predicted molar refractivity (Wildman–Crippen MR) is 88.0 cm³/mol. The van der Waals surface area contributed by atoms with Crippen molar-refractivity contribution in [1.82, 2.24) is 24.3 Å². The van der Waals surface area contributed by atoms with Gasteiger partial charge in [-0.1, -0.05) is 6.92 Å². The van der Waals surface area contributed by atoms with Crippen LogP contribution in [-0.2, 0) is 16.6 Å². The molecule has 0 radical (unpaired) electrons. The summed E-state index contributed by atoms with van der Waals surface area (Å²) in [7, 11) is 1.95. The Balaban J connectivity index is 1.52. The number of nitrogens with zero attached hydrogens (tertiary/aromatic N) is 5. The molecule has 0 spiro atoms. The van der Waals surface area contributed by atoms with Crippen LogP contribution < -0.4 is 0 Å². The Morgan fingerprint density at radius 1 is 1.33 bits per heavy atom. The van der Waals surface area contributed by atoms with Crippen molar-refractivity contribution in [2.45, 2.75) is 31.7 Å². The molecule has 7 nitrogen and oxygen atoms in total. The summed E-state index contributed by atoms with van der Waals surface area (Å²) in [6.07, 6.45) is 5.96. The number of hydrogen-bond acceptors (Lipinski definition) is 4. The van der Waals surface area contributed by atoms with E-state index in [4.69, 9.17) is 0 Å². The molecule has 4 rings (SSSR count). The molecule has 0 bridgehead atoms. The van der Waals surface area contributed by atoms with Crippen LogP contribution in [0.2, 0.25) is 0 Å². The first-order valence-electron chi connectivity index (χ1n) is 8.85. The summed E-state index contributed by atoms with van der Waals surface area (Å²) in [4.78, 5) is 35.7. The number of imidazole rings is 1. The second kappa shape index (κ2) is 5.88. The Kier molecular flexibility index (Phi) is 3.83. The van der Waals surface area contributed by atoms with E-state index in [2.05, 4.69) is 16.8 Å². The lowest BCUT2D eigenvalue weighted by molar-refractivity contribution is -0.135. The summed E-state index contributed by atoms with van der Waals surface area (Å²) < 4.78 is 1.93. The lowest BCUT2D eigenvalue weighted by atomic mass is 9.92. The molecule has 2 aliphatic heterocycles. The Morgan fingerprint density at radius 3 is 2.75 bits per heavy atom. The monoisotopic (exact) mass is 331 g/mol. The fourth-order valence-electron chi connectivity index (χ4n) is 3.97. The van der Waals surface area contributed by atoms with Crippen LogP contribution in [0.4, 0.5) is 0 Å². The number of aryl methyl sites for hydroxylation is 1. The number of amides is 2. The van der Waals surface area contributed by atoms with Crippen LogP contribution in [0.15, 0.2) is 12.5 Å². The first-order chi connectivity index (χ1) is 11.6. The van der Waals surface area contributed by atoms with Crippen LogP contribution in [-0.4, -0.2) is 75.0 Å². The molecule has 0 N–H and O–H groups in total. The molecule has 7 heteroatoms. The maximum absolute atomic E-state index is 13.1. The molecule has 1 aromatic rings. The largest absolute Gasteiger partial charge is 0.340 e. The van der Waals surface area contributed by atoms with Gasteiger partial charge in [0.1, 0.15) is 6.54 Å². The molecule has 3 heterocycles. The summed E-state index contributed by atoms with van der Waals surface area (Å²) in [5.41, 5.74) is 0.983. The third kappa shape index (κ3) is 2.70. The zero-order valence-electron chi connectivity index (χ0n) is 14.4. The van der Waals surface area contributed by atoms with E-state index in [1.54, 1.807) is 11.2 Å². The standard InChI is InChI=1S/C17H25N5O2/c1-3-20-6-13(15-8-19(2)10-18-15)14(7-20)17(24)21-9-16(23)22(11-21)12-4-5-12/h8,10,12-14H,3-7,9,11H2,1-2H3/t13-,14-/m1/s1. The molecule has 1 aliphatic carbocycles. The SMILES string of the molecule is CCN1C[C@@H](C(=O)N2CC(=O)N(C3CC3)C2)[C@H](c2cn(C)cn2)C1. The molecule has 2 saturated heterocycles. The fourth-order valence-corrected chi connectivity index (χ4v) is 3.97. The van der Waals surface area contributed by atoms with Gasteiger partial charge in [0.15, 0.2) is 0 Å². The summed E-state index contributed by atoms with van der Waals surface area (Å²) >= 11 is 0. The van der Waals surface area contributed by atoms with E-state index in [1.807, 2.05) is 22.7 Å². The van der Waals surface area contributed by atoms with Gasteiger partial charge in [0.05, 0.1) is 24.6 Å². The topological polar surface area (TPSA) is 61.7 Å². The van der Waals surface area contributed by atoms with Gasteiger partial charge in [-0.15, -0.1) is 0 Å². The first-order valence-corrected chi connectivity index (χ1v) is 8.85. The second-order valence-corrected chi connectivity index (χ2v) is 7.30. The van der Waals surface area contributed by atoms with Gasteiger partial charge < -0.3 is 19.3 Å². The molecule has 1 aromatic heterocycles. The molecular formula is C17H25N5O2. The van der Waals surface area contributed by atoms with E-state index in [9.17, 15) is 9.59 Å². The predicted octanol–water partition coefficient (Wildman–Crippen LogP) is 0.246. The minimum absolute atomic E-state index is 0.102. The van der Waals surface area contributed by atoms with E-state index in [1.165, 1.54) is 0 Å². The van der Waals surface area contributed by atoms with Crippen molar-refractivity contribution in [2.75, 3.05) is 32.8 Å². The van der Waals surface area contributed by atoms with Crippen LogP contribution in [0, 0.1) is 5.92 Å². The van der Waals surface area contributed by atoms with Gasteiger partial charge in [0, 0.05) is 38.3 Å². The van der Waals surface area contributed by atoms with Gasteiger partial charge in [0.25, 0.3) is 0 Å². The van der Waals surface area contributed by atoms with Gasteiger partial charge in [0.2, 0.25) is 11.8 Å². The molecule has 0 unspecified atom stereocenters. The fraction of sp³-hybridized carbons (Fsp3) is 0.706. The molecule has 24 heavy (non-hydrogen) atoms. The third-order valence-electron chi connectivity index (χ3n) is 5.53. The van der Waals surface area contributed by atoms with Gasteiger partial charge in [-0.05, 0) is 19.4 Å². The van der Waals surface area contributed by atoms with Crippen molar-refractivity contribution in [2.24, 2.45) is 13.0 Å².